The van der Waals surface area contributed by atoms with Crippen molar-refractivity contribution in [2.75, 3.05) is 19.6 Å². The van der Waals surface area contributed by atoms with Crippen LogP contribution in [0.3, 0.4) is 0 Å². The molecule has 0 aromatic heterocycles. The maximum atomic E-state index is 12.4. The van der Waals surface area contributed by atoms with Gasteiger partial charge in [-0.2, -0.15) is 4.31 Å². The first-order valence-electron chi connectivity index (χ1n) is 8.51. The van der Waals surface area contributed by atoms with E-state index in [9.17, 15) is 13.2 Å². The van der Waals surface area contributed by atoms with E-state index in [2.05, 4.69) is 5.32 Å². The number of carbonyl (C=O) groups excluding carboxylic acids is 1. The number of benzene rings is 1. The lowest BCUT2D eigenvalue weighted by Gasteiger charge is -2.15. The predicted molar refractivity (Wildman–Crippen MR) is 94.0 cm³/mol. The average Bonchev–Trinajstić information content (AvgIpc) is 3.08. The van der Waals surface area contributed by atoms with E-state index in [0.29, 0.717) is 37.4 Å². The molecule has 3 N–H and O–H groups in total. The molecule has 2 rings (SSSR count). The van der Waals surface area contributed by atoms with Gasteiger partial charge in [-0.05, 0) is 50.3 Å². The minimum atomic E-state index is -3.36. The molecule has 24 heavy (non-hydrogen) atoms. The van der Waals surface area contributed by atoms with Crippen LogP contribution in [-0.2, 0) is 21.2 Å². The molecule has 0 bridgehead atoms. The Labute approximate surface area is 144 Å². The van der Waals surface area contributed by atoms with Crippen LogP contribution in [0.2, 0.25) is 0 Å². The van der Waals surface area contributed by atoms with Crippen molar-refractivity contribution in [1.82, 2.24) is 9.62 Å². The Morgan fingerprint density at radius 3 is 2.46 bits per heavy atom. The van der Waals surface area contributed by atoms with E-state index in [1.54, 1.807) is 24.3 Å². The first-order chi connectivity index (χ1) is 11.4. The zero-order valence-corrected chi connectivity index (χ0v) is 15.0. The summed E-state index contributed by atoms with van der Waals surface area (Å²) in [6.45, 7) is 3.70. The lowest BCUT2D eigenvalue weighted by atomic mass is 10.1. The van der Waals surface area contributed by atoms with Gasteiger partial charge in [0.2, 0.25) is 15.9 Å². The lowest BCUT2D eigenvalue weighted by molar-refractivity contribution is -0.121. The van der Waals surface area contributed by atoms with Gasteiger partial charge >= 0.3 is 0 Å². The van der Waals surface area contributed by atoms with Gasteiger partial charge in [-0.15, -0.1) is 0 Å². The second-order valence-electron chi connectivity index (χ2n) is 6.37. The lowest BCUT2D eigenvalue weighted by Crippen LogP contribution is -2.29. The van der Waals surface area contributed by atoms with E-state index in [4.69, 9.17) is 5.73 Å². The van der Waals surface area contributed by atoms with Crippen molar-refractivity contribution in [2.24, 2.45) is 5.73 Å². The third-order valence-electron chi connectivity index (χ3n) is 4.19. The fourth-order valence-corrected chi connectivity index (χ4v) is 4.21. The number of sulfonamides is 1. The zero-order chi connectivity index (χ0) is 17.6. The van der Waals surface area contributed by atoms with E-state index >= 15 is 0 Å². The standard InChI is InChI=1S/C17H27N3O3S/c1-14(18)10-11-19-17(21)9-6-15-4-7-16(8-5-15)24(22,23)20-12-2-3-13-20/h4-5,7-8,14H,2-3,6,9-13,18H2,1H3,(H,19,21). The van der Waals surface area contributed by atoms with Crippen LogP contribution in [0.1, 0.15) is 38.2 Å². The van der Waals surface area contributed by atoms with Gasteiger partial charge in [0, 0.05) is 32.1 Å². The molecule has 1 aromatic rings. The molecule has 134 valence electrons. The first kappa shape index (κ1) is 18.9. The molecular formula is C17H27N3O3S. The predicted octanol–water partition coefficient (Wildman–Crippen LogP) is 1.26. The van der Waals surface area contributed by atoms with Gasteiger partial charge in [0.25, 0.3) is 0 Å². The number of nitrogens with zero attached hydrogens (tertiary/aromatic N) is 1. The molecule has 1 saturated heterocycles. The highest BCUT2D eigenvalue weighted by molar-refractivity contribution is 7.89. The summed E-state index contributed by atoms with van der Waals surface area (Å²) >= 11 is 0. The summed E-state index contributed by atoms with van der Waals surface area (Å²) in [6.07, 6.45) is 3.59. The number of carbonyl (C=O) groups is 1. The molecule has 0 spiro atoms. The first-order valence-corrected chi connectivity index (χ1v) is 9.95. The molecule has 1 aliphatic heterocycles. The molecule has 1 aromatic carbocycles. The van der Waals surface area contributed by atoms with E-state index in [1.165, 1.54) is 4.31 Å². The van der Waals surface area contributed by atoms with Crippen LogP contribution >= 0.6 is 0 Å². The van der Waals surface area contributed by atoms with Crippen LogP contribution in [0, 0.1) is 0 Å². The summed E-state index contributed by atoms with van der Waals surface area (Å²) in [5.74, 6) is -0.00980. The van der Waals surface area contributed by atoms with Gasteiger partial charge in [-0.3, -0.25) is 4.79 Å². The Bertz CT molecular complexity index is 636. The fourth-order valence-electron chi connectivity index (χ4n) is 2.69. The smallest absolute Gasteiger partial charge is 0.243 e. The quantitative estimate of drug-likeness (QED) is 0.736. The SMILES string of the molecule is CC(N)CCNC(=O)CCc1ccc(S(=O)(=O)N2CCCC2)cc1. The van der Waals surface area contributed by atoms with Crippen LogP contribution in [0.25, 0.3) is 0 Å². The van der Waals surface area contributed by atoms with Crippen molar-refractivity contribution < 1.29 is 13.2 Å². The monoisotopic (exact) mass is 353 g/mol. The molecule has 1 aliphatic rings. The summed E-state index contributed by atoms with van der Waals surface area (Å²) in [6, 6.07) is 6.93. The van der Waals surface area contributed by atoms with Crippen molar-refractivity contribution in [1.29, 1.82) is 0 Å². The summed E-state index contributed by atoms with van der Waals surface area (Å²) in [7, 11) is -3.36. The topological polar surface area (TPSA) is 92.5 Å². The zero-order valence-electron chi connectivity index (χ0n) is 14.2. The van der Waals surface area contributed by atoms with Crippen LogP contribution < -0.4 is 11.1 Å². The van der Waals surface area contributed by atoms with Gasteiger partial charge in [-0.25, -0.2) is 8.42 Å². The maximum absolute atomic E-state index is 12.4. The molecule has 6 nitrogen and oxygen atoms in total. The van der Waals surface area contributed by atoms with Crippen LogP contribution in [0.15, 0.2) is 29.2 Å². The van der Waals surface area contributed by atoms with Crippen molar-refractivity contribution >= 4 is 15.9 Å². The maximum Gasteiger partial charge on any atom is 0.243 e. The van der Waals surface area contributed by atoms with Crippen LogP contribution in [0.5, 0.6) is 0 Å². The van der Waals surface area contributed by atoms with E-state index < -0.39 is 10.0 Å². The third-order valence-corrected chi connectivity index (χ3v) is 6.10. The Morgan fingerprint density at radius 1 is 1.25 bits per heavy atom. The highest BCUT2D eigenvalue weighted by Gasteiger charge is 2.26. The number of amides is 1. The number of hydrogen-bond donors (Lipinski definition) is 2. The number of nitrogens with one attached hydrogen (secondary N) is 1. The van der Waals surface area contributed by atoms with Crippen LogP contribution in [-0.4, -0.2) is 44.3 Å². The normalized spacial score (nSPS) is 16.9. The molecule has 1 atom stereocenters. The Hall–Kier alpha value is -1.44. The van der Waals surface area contributed by atoms with Gasteiger partial charge < -0.3 is 11.1 Å². The molecule has 0 radical (unpaired) electrons. The van der Waals surface area contributed by atoms with Gasteiger partial charge in [0.15, 0.2) is 0 Å². The van der Waals surface area contributed by atoms with Crippen molar-refractivity contribution in [3.05, 3.63) is 29.8 Å². The van der Waals surface area contributed by atoms with Gasteiger partial charge in [0.1, 0.15) is 0 Å². The number of rotatable bonds is 8. The van der Waals surface area contributed by atoms with Gasteiger partial charge in [-0.1, -0.05) is 12.1 Å². The Morgan fingerprint density at radius 2 is 1.88 bits per heavy atom. The Balaban J connectivity index is 1.85. The fraction of sp³-hybridized carbons (Fsp3) is 0.588. The highest BCUT2D eigenvalue weighted by Crippen LogP contribution is 2.21. The molecule has 1 amide bonds. The largest absolute Gasteiger partial charge is 0.356 e. The molecular weight excluding hydrogens is 326 g/mol. The third kappa shape index (κ3) is 5.29. The van der Waals surface area contributed by atoms with E-state index in [0.717, 1.165) is 24.8 Å². The molecule has 1 unspecified atom stereocenters. The molecule has 1 heterocycles. The molecule has 7 heteroatoms. The molecule has 0 saturated carbocycles. The summed E-state index contributed by atoms with van der Waals surface area (Å²) < 4.78 is 26.4. The summed E-state index contributed by atoms with van der Waals surface area (Å²) in [5, 5.41) is 2.84. The van der Waals surface area contributed by atoms with E-state index in [1.807, 2.05) is 6.92 Å². The van der Waals surface area contributed by atoms with Crippen molar-refractivity contribution in [2.45, 2.75) is 50.0 Å². The van der Waals surface area contributed by atoms with Crippen LogP contribution in [0.4, 0.5) is 0 Å². The number of nitrogens with two attached hydrogens (primary N) is 1. The van der Waals surface area contributed by atoms with Crippen molar-refractivity contribution in [3.63, 3.8) is 0 Å². The number of aryl methyl sites for hydroxylation is 1. The van der Waals surface area contributed by atoms with E-state index in [-0.39, 0.29) is 11.9 Å². The Kier molecular flexibility index (Phi) is 6.77. The van der Waals surface area contributed by atoms with Crippen molar-refractivity contribution in [3.8, 4) is 0 Å². The highest BCUT2D eigenvalue weighted by atomic mass is 32.2. The molecule has 1 fully saturated rings. The minimum absolute atomic E-state index is 0.00980. The average molecular weight is 353 g/mol. The van der Waals surface area contributed by atoms with Gasteiger partial charge in [0.05, 0.1) is 4.90 Å². The summed E-state index contributed by atoms with van der Waals surface area (Å²) in [5.41, 5.74) is 6.59. The second-order valence-corrected chi connectivity index (χ2v) is 8.31. The second kappa shape index (κ2) is 8.60. The molecule has 0 aliphatic carbocycles. The number of hydrogen-bond acceptors (Lipinski definition) is 4. The summed E-state index contributed by atoms with van der Waals surface area (Å²) in [4.78, 5) is 12.1. The minimum Gasteiger partial charge on any atom is -0.356 e.